The van der Waals surface area contributed by atoms with Gasteiger partial charge in [0.1, 0.15) is 0 Å². The van der Waals surface area contributed by atoms with E-state index in [4.69, 9.17) is 9.47 Å². The van der Waals surface area contributed by atoms with Crippen LogP contribution in [0.1, 0.15) is 58.4 Å². The zero-order valence-electron chi connectivity index (χ0n) is 15.2. The standard InChI is InChI=1S/C20H30O4/c1-4-5-6-10-15-23-18(21)20(2,3)19(22)24-16-11-14-17-12-8-7-9-13-17/h7-9,12-13H,4-6,10-11,14-16H2,1-3H3. The van der Waals surface area contributed by atoms with Crippen molar-refractivity contribution >= 4 is 11.9 Å². The molecule has 0 radical (unpaired) electrons. The number of carbonyl (C=O) groups excluding carboxylic acids is 2. The van der Waals surface area contributed by atoms with Crippen molar-refractivity contribution in [3.63, 3.8) is 0 Å². The molecule has 0 N–H and O–H groups in total. The molecule has 134 valence electrons. The molecule has 4 heteroatoms. The molecule has 0 fully saturated rings. The average Bonchev–Trinajstić information content (AvgIpc) is 2.59. The Kier molecular flexibility index (Phi) is 9.13. The molecule has 0 spiro atoms. The molecule has 0 heterocycles. The third-order valence-corrected chi connectivity index (χ3v) is 3.94. The van der Waals surface area contributed by atoms with Gasteiger partial charge < -0.3 is 9.47 Å². The van der Waals surface area contributed by atoms with Crippen molar-refractivity contribution in [2.75, 3.05) is 13.2 Å². The number of aryl methyl sites for hydroxylation is 1. The van der Waals surface area contributed by atoms with Gasteiger partial charge in [-0.25, -0.2) is 0 Å². The summed E-state index contributed by atoms with van der Waals surface area (Å²) >= 11 is 0. The number of unbranched alkanes of at least 4 members (excludes halogenated alkanes) is 3. The van der Waals surface area contributed by atoms with E-state index in [1.54, 1.807) is 13.8 Å². The predicted molar refractivity (Wildman–Crippen MR) is 94.6 cm³/mol. The van der Waals surface area contributed by atoms with Crippen LogP contribution in [0.25, 0.3) is 0 Å². The number of carbonyl (C=O) groups is 2. The van der Waals surface area contributed by atoms with Crippen LogP contribution < -0.4 is 0 Å². The van der Waals surface area contributed by atoms with Crippen molar-refractivity contribution in [2.45, 2.75) is 59.3 Å². The summed E-state index contributed by atoms with van der Waals surface area (Å²) in [5.74, 6) is -1.03. The van der Waals surface area contributed by atoms with Crippen molar-refractivity contribution in [3.05, 3.63) is 35.9 Å². The number of hydrogen-bond acceptors (Lipinski definition) is 4. The zero-order valence-corrected chi connectivity index (χ0v) is 15.2. The monoisotopic (exact) mass is 334 g/mol. The lowest BCUT2D eigenvalue weighted by Gasteiger charge is -2.20. The first kappa shape index (κ1) is 20.2. The van der Waals surface area contributed by atoms with Crippen LogP contribution in [0.2, 0.25) is 0 Å². The Bertz CT molecular complexity index is 494. The SMILES string of the molecule is CCCCCCOC(=O)C(C)(C)C(=O)OCCCc1ccccc1. The summed E-state index contributed by atoms with van der Waals surface area (Å²) < 4.78 is 10.5. The number of ether oxygens (including phenoxy) is 2. The Morgan fingerprint density at radius 2 is 1.46 bits per heavy atom. The van der Waals surface area contributed by atoms with Gasteiger partial charge in [0.15, 0.2) is 5.41 Å². The summed E-state index contributed by atoms with van der Waals surface area (Å²) in [5.41, 5.74) is -0.0448. The van der Waals surface area contributed by atoms with E-state index >= 15 is 0 Å². The van der Waals surface area contributed by atoms with Crippen LogP contribution in [0.5, 0.6) is 0 Å². The summed E-state index contributed by atoms with van der Waals surface area (Å²) in [6.45, 7) is 5.91. The van der Waals surface area contributed by atoms with E-state index in [1.807, 2.05) is 30.3 Å². The van der Waals surface area contributed by atoms with Crippen molar-refractivity contribution in [3.8, 4) is 0 Å². The van der Waals surface area contributed by atoms with Gasteiger partial charge in [0, 0.05) is 0 Å². The molecule has 4 nitrogen and oxygen atoms in total. The van der Waals surface area contributed by atoms with E-state index < -0.39 is 17.4 Å². The third-order valence-electron chi connectivity index (χ3n) is 3.94. The minimum atomic E-state index is -1.25. The van der Waals surface area contributed by atoms with E-state index in [0.717, 1.165) is 38.5 Å². The van der Waals surface area contributed by atoms with Crippen molar-refractivity contribution in [2.24, 2.45) is 5.41 Å². The topological polar surface area (TPSA) is 52.6 Å². The molecule has 0 amide bonds. The molecule has 0 bridgehead atoms. The number of rotatable bonds is 11. The van der Waals surface area contributed by atoms with Crippen LogP contribution in [-0.2, 0) is 25.5 Å². The first-order valence-electron chi connectivity index (χ1n) is 8.87. The average molecular weight is 334 g/mol. The van der Waals surface area contributed by atoms with Gasteiger partial charge in [-0.15, -0.1) is 0 Å². The minimum Gasteiger partial charge on any atom is -0.465 e. The first-order valence-corrected chi connectivity index (χ1v) is 8.87. The Morgan fingerprint density at radius 3 is 2.04 bits per heavy atom. The quantitative estimate of drug-likeness (QED) is 0.344. The van der Waals surface area contributed by atoms with Crippen molar-refractivity contribution in [1.82, 2.24) is 0 Å². The second-order valence-corrected chi connectivity index (χ2v) is 6.55. The summed E-state index contributed by atoms with van der Waals surface area (Å²) in [6, 6.07) is 10.0. The van der Waals surface area contributed by atoms with Crippen LogP contribution in [0.15, 0.2) is 30.3 Å². The summed E-state index contributed by atoms with van der Waals surface area (Å²) in [5, 5.41) is 0. The molecular weight excluding hydrogens is 304 g/mol. The number of esters is 2. The Hall–Kier alpha value is -1.84. The molecule has 1 rings (SSSR count). The van der Waals surface area contributed by atoms with Crippen LogP contribution in [-0.4, -0.2) is 25.2 Å². The summed E-state index contributed by atoms with van der Waals surface area (Å²) in [6.07, 6.45) is 5.71. The maximum absolute atomic E-state index is 12.1. The fourth-order valence-corrected chi connectivity index (χ4v) is 2.22. The van der Waals surface area contributed by atoms with Gasteiger partial charge in [0.25, 0.3) is 0 Å². The highest BCUT2D eigenvalue weighted by Crippen LogP contribution is 2.20. The minimum absolute atomic E-state index is 0.306. The molecule has 0 saturated heterocycles. The largest absolute Gasteiger partial charge is 0.465 e. The van der Waals surface area contributed by atoms with Crippen molar-refractivity contribution < 1.29 is 19.1 Å². The number of benzene rings is 1. The molecule has 1 aromatic carbocycles. The lowest BCUT2D eigenvalue weighted by molar-refractivity contribution is -0.169. The van der Waals surface area contributed by atoms with Crippen LogP contribution >= 0.6 is 0 Å². The van der Waals surface area contributed by atoms with E-state index in [9.17, 15) is 9.59 Å². The maximum atomic E-state index is 12.1. The summed E-state index contributed by atoms with van der Waals surface area (Å²) in [7, 11) is 0. The van der Waals surface area contributed by atoms with Gasteiger partial charge >= 0.3 is 11.9 Å². The van der Waals surface area contributed by atoms with Gasteiger partial charge in [-0.2, -0.15) is 0 Å². The fourth-order valence-electron chi connectivity index (χ4n) is 2.22. The molecule has 24 heavy (non-hydrogen) atoms. The highest BCUT2D eigenvalue weighted by Gasteiger charge is 2.39. The second kappa shape index (κ2) is 10.8. The van der Waals surface area contributed by atoms with E-state index in [0.29, 0.717) is 13.2 Å². The highest BCUT2D eigenvalue weighted by atomic mass is 16.6. The van der Waals surface area contributed by atoms with E-state index in [2.05, 4.69) is 6.92 Å². The highest BCUT2D eigenvalue weighted by molar-refractivity contribution is 5.99. The Morgan fingerprint density at radius 1 is 0.875 bits per heavy atom. The van der Waals surface area contributed by atoms with Crippen LogP contribution in [0.4, 0.5) is 0 Å². The Balaban J connectivity index is 2.26. The third kappa shape index (κ3) is 7.16. The molecule has 1 aromatic rings. The molecule has 0 unspecified atom stereocenters. The van der Waals surface area contributed by atoms with Crippen LogP contribution in [0.3, 0.4) is 0 Å². The molecule has 0 aliphatic carbocycles. The molecule has 0 aliphatic rings. The molecule has 0 aliphatic heterocycles. The molecule has 0 aromatic heterocycles. The van der Waals surface area contributed by atoms with Gasteiger partial charge in [-0.3, -0.25) is 9.59 Å². The molecular formula is C20H30O4. The maximum Gasteiger partial charge on any atom is 0.322 e. The lowest BCUT2D eigenvalue weighted by Crippen LogP contribution is -2.37. The molecule has 0 saturated carbocycles. The zero-order chi connectivity index (χ0) is 17.8. The predicted octanol–water partition coefficient (Wildman–Crippen LogP) is 4.31. The smallest absolute Gasteiger partial charge is 0.322 e. The van der Waals surface area contributed by atoms with E-state index in [1.165, 1.54) is 5.56 Å². The normalized spacial score (nSPS) is 11.1. The van der Waals surface area contributed by atoms with Crippen LogP contribution in [0, 0.1) is 5.41 Å². The lowest BCUT2D eigenvalue weighted by atomic mass is 9.94. The van der Waals surface area contributed by atoms with Crippen molar-refractivity contribution in [1.29, 1.82) is 0 Å². The number of hydrogen-bond donors (Lipinski definition) is 0. The van der Waals surface area contributed by atoms with E-state index in [-0.39, 0.29) is 0 Å². The van der Waals surface area contributed by atoms with Gasteiger partial charge in [0.2, 0.25) is 0 Å². The Labute approximate surface area is 145 Å². The van der Waals surface area contributed by atoms with Gasteiger partial charge in [0.05, 0.1) is 13.2 Å². The fraction of sp³-hybridized carbons (Fsp3) is 0.600. The first-order chi connectivity index (χ1) is 11.5. The van der Waals surface area contributed by atoms with Gasteiger partial charge in [-0.1, -0.05) is 56.5 Å². The molecule has 0 atom stereocenters. The summed E-state index contributed by atoms with van der Waals surface area (Å²) in [4.78, 5) is 24.2. The second-order valence-electron chi connectivity index (χ2n) is 6.55. The van der Waals surface area contributed by atoms with Gasteiger partial charge in [-0.05, 0) is 38.7 Å².